The molecule has 22 heavy (non-hydrogen) atoms. The Hall–Kier alpha value is -2.42. The van der Waals surface area contributed by atoms with Gasteiger partial charge < -0.3 is 19.7 Å². The zero-order valence-corrected chi connectivity index (χ0v) is 13.3. The van der Waals surface area contributed by atoms with E-state index in [9.17, 15) is 10.1 Å². The molecular weight excluding hydrogens is 282 g/mol. The van der Waals surface area contributed by atoms with Crippen LogP contribution in [0.3, 0.4) is 0 Å². The highest BCUT2D eigenvalue weighted by atomic mass is 16.6. The summed E-state index contributed by atoms with van der Waals surface area (Å²) in [5.41, 5.74) is -0.497. The number of likely N-dealkylation sites (tertiary alicyclic amines) is 1. The van der Waals surface area contributed by atoms with E-state index in [4.69, 9.17) is 9.47 Å². The number of nitrogens with one attached hydrogen (secondary N) is 1. The molecule has 1 aromatic rings. The minimum absolute atomic E-state index is 0.296. The van der Waals surface area contributed by atoms with Crippen molar-refractivity contribution in [3.05, 3.63) is 24.3 Å². The molecule has 0 atom stereocenters. The van der Waals surface area contributed by atoms with E-state index in [1.165, 1.54) is 4.90 Å². The molecule has 1 heterocycles. The lowest BCUT2D eigenvalue weighted by atomic mass is 9.91. The van der Waals surface area contributed by atoms with E-state index in [1.807, 2.05) is 45.0 Å². The summed E-state index contributed by atoms with van der Waals surface area (Å²) in [7, 11) is 1.60. The average Bonchev–Trinajstić information content (AvgIpc) is 2.41. The molecule has 0 bridgehead atoms. The first kappa shape index (κ1) is 16.0. The number of methoxy groups -OCH3 is 1. The van der Waals surface area contributed by atoms with Gasteiger partial charge in [-0.05, 0) is 45.0 Å². The van der Waals surface area contributed by atoms with Crippen molar-refractivity contribution >= 4 is 11.8 Å². The molecule has 1 aliphatic heterocycles. The molecule has 1 amide bonds. The summed E-state index contributed by atoms with van der Waals surface area (Å²) in [5.74, 6) is 0.751. The number of nitrogens with zero attached hydrogens (tertiary/aromatic N) is 2. The quantitative estimate of drug-likeness (QED) is 0.929. The first-order valence-electron chi connectivity index (χ1n) is 7.08. The SMILES string of the molecule is COc1ccc(NC2(C#N)CN(C(=O)OC(C)(C)C)C2)cc1. The van der Waals surface area contributed by atoms with Crippen LogP contribution in [0.5, 0.6) is 5.75 Å². The van der Waals surface area contributed by atoms with Gasteiger partial charge in [-0.15, -0.1) is 0 Å². The molecule has 2 rings (SSSR count). The first-order chi connectivity index (χ1) is 10.3. The van der Waals surface area contributed by atoms with Gasteiger partial charge in [0.1, 0.15) is 11.4 Å². The van der Waals surface area contributed by atoms with Crippen molar-refractivity contribution in [2.24, 2.45) is 0 Å². The van der Waals surface area contributed by atoms with Crippen LogP contribution in [0.1, 0.15) is 20.8 Å². The van der Waals surface area contributed by atoms with Crippen molar-refractivity contribution in [2.75, 3.05) is 25.5 Å². The number of hydrogen-bond donors (Lipinski definition) is 1. The maximum absolute atomic E-state index is 11.9. The van der Waals surface area contributed by atoms with Crippen molar-refractivity contribution in [3.8, 4) is 11.8 Å². The minimum atomic E-state index is -0.772. The summed E-state index contributed by atoms with van der Waals surface area (Å²) in [4.78, 5) is 13.4. The Morgan fingerprint density at radius 2 is 1.91 bits per heavy atom. The third-order valence-corrected chi connectivity index (χ3v) is 3.26. The van der Waals surface area contributed by atoms with Crippen LogP contribution < -0.4 is 10.1 Å². The fourth-order valence-electron chi connectivity index (χ4n) is 2.19. The number of benzene rings is 1. The molecule has 0 unspecified atom stereocenters. The van der Waals surface area contributed by atoms with Gasteiger partial charge in [0, 0.05) is 5.69 Å². The van der Waals surface area contributed by atoms with Crippen molar-refractivity contribution < 1.29 is 14.3 Å². The topological polar surface area (TPSA) is 74.6 Å². The number of anilines is 1. The Balaban J connectivity index is 1.96. The predicted octanol–water partition coefficient (Wildman–Crippen LogP) is 2.62. The Morgan fingerprint density at radius 1 is 1.32 bits per heavy atom. The number of nitriles is 1. The van der Waals surface area contributed by atoms with E-state index in [-0.39, 0.29) is 0 Å². The van der Waals surface area contributed by atoms with Gasteiger partial charge in [0.25, 0.3) is 0 Å². The molecule has 1 aliphatic rings. The Labute approximate surface area is 130 Å². The predicted molar refractivity (Wildman–Crippen MR) is 82.8 cm³/mol. The fourth-order valence-corrected chi connectivity index (χ4v) is 2.19. The number of amides is 1. The molecule has 0 spiro atoms. The van der Waals surface area contributed by atoms with Gasteiger partial charge in [-0.3, -0.25) is 0 Å². The molecule has 6 heteroatoms. The smallest absolute Gasteiger partial charge is 0.410 e. The highest BCUT2D eigenvalue weighted by Gasteiger charge is 2.47. The van der Waals surface area contributed by atoms with Gasteiger partial charge in [0.05, 0.1) is 26.3 Å². The molecule has 1 saturated heterocycles. The van der Waals surface area contributed by atoms with Gasteiger partial charge in [0.2, 0.25) is 0 Å². The molecule has 0 aliphatic carbocycles. The van der Waals surface area contributed by atoms with E-state index >= 15 is 0 Å². The van der Waals surface area contributed by atoms with E-state index in [0.29, 0.717) is 13.1 Å². The van der Waals surface area contributed by atoms with Crippen LogP contribution in [0.15, 0.2) is 24.3 Å². The number of hydrogen-bond acceptors (Lipinski definition) is 5. The largest absolute Gasteiger partial charge is 0.497 e. The second-order valence-electron chi connectivity index (χ2n) is 6.38. The number of carbonyl (C=O) groups is 1. The standard InChI is InChI=1S/C16H21N3O3/c1-15(2,3)22-14(20)19-10-16(9-17,11-19)18-12-5-7-13(21-4)8-6-12/h5-8,18H,10-11H2,1-4H3. The van der Waals surface area contributed by atoms with Crippen LogP contribution in [0, 0.1) is 11.3 Å². The molecule has 1 N–H and O–H groups in total. The molecule has 1 aromatic carbocycles. The lowest BCUT2D eigenvalue weighted by molar-refractivity contribution is 0.00356. The normalized spacial score (nSPS) is 16.2. The van der Waals surface area contributed by atoms with Crippen molar-refractivity contribution in [1.82, 2.24) is 4.90 Å². The molecule has 0 radical (unpaired) electrons. The maximum Gasteiger partial charge on any atom is 0.410 e. The highest BCUT2D eigenvalue weighted by molar-refractivity contribution is 5.71. The molecule has 1 fully saturated rings. The lowest BCUT2D eigenvalue weighted by Gasteiger charge is -2.46. The Bertz CT molecular complexity index is 578. The molecule has 118 valence electrons. The summed E-state index contributed by atoms with van der Waals surface area (Å²) in [6, 6.07) is 9.56. The first-order valence-corrected chi connectivity index (χ1v) is 7.08. The van der Waals surface area contributed by atoms with Crippen molar-refractivity contribution in [1.29, 1.82) is 5.26 Å². The van der Waals surface area contributed by atoms with Crippen LogP contribution in [-0.2, 0) is 4.74 Å². The molecule has 0 aromatic heterocycles. The average molecular weight is 303 g/mol. The Morgan fingerprint density at radius 3 is 2.36 bits per heavy atom. The number of rotatable bonds is 3. The zero-order chi connectivity index (χ0) is 16.4. The third-order valence-electron chi connectivity index (χ3n) is 3.26. The van der Waals surface area contributed by atoms with Crippen LogP contribution in [0.2, 0.25) is 0 Å². The highest BCUT2D eigenvalue weighted by Crippen LogP contribution is 2.28. The molecule has 6 nitrogen and oxygen atoms in total. The van der Waals surface area contributed by atoms with Gasteiger partial charge >= 0.3 is 6.09 Å². The Kier molecular flexibility index (Phi) is 4.18. The van der Waals surface area contributed by atoms with Gasteiger partial charge in [-0.2, -0.15) is 5.26 Å². The second-order valence-corrected chi connectivity index (χ2v) is 6.38. The van der Waals surface area contributed by atoms with E-state index in [1.54, 1.807) is 7.11 Å². The van der Waals surface area contributed by atoms with E-state index in [0.717, 1.165) is 11.4 Å². The lowest BCUT2D eigenvalue weighted by Crippen LogP contribution is -2.67. The maximum atomic E-state index is 11.9. The van der Waals surface area contributed by atoms with Crippen LogP contribution in [0.25, 0.3) is 0 Å². The van der Waals surface area contributed by atoms with Crippen molar-refractivity contribution in [3.63, 3.8) is 0 Å². The van der Waals surface area contributed by atoms with Gasteiger partial charge in [-0.1, -0.05) is 0 Å². The van der Waals surface area contributed by atoms with Crippen LogP contribution in [-0.4, -0.2) is 42.3 Å². The summed E-state index contributed by atoms with van der Waals surface area (Å²) in [6.07, 6.45) is -0.394. The van der Waals surface area contributed by atoms with Gasteiger partial charge in [-0.25, -0.2) is 4.79 Å². The minimum Gasteiger partial charge on any atom is -0.497 e. The fraction of sp³-hybridized carbons (Fsp3) is 0.500. The summed E-state index contributed by atoms with van der Waals surface area (Å²) in [6.45, 7) is 6.04. The monoisotopic (exact) mass is 303 g/mol. The van der Waals surface area contributed by atoms with E-state index < -0.39 is 17.2 Å². The second kappa shape index (κ2) is 5.76. The van der Waals surface area contributed by atoms with Crippen molar-refractivity contribution in [2.45, 2.75) is 31.9 Å². The summed E-state index contributed by atoms with van der Waals surface area (Å²) in [5, 5.41) is 12.6. The summed E-state index contributed by atoms with van der Waals surface area (Å²) >= 11 is 0. The van der Waals surface area contributed by atoms with Gasteiger partial charge in [0.15, 0.2) is 5.54 Å². The molecule has 0 saturated carbocycles. The third kappa shape index (κ3) is 3.61. The van der Waals surface area contributed by atoms with E-state index in [2.05, 4.69) is 11.4 Å². The zero-order valence-electron chi connectivity index (χ0n) is 13.3. The van der Waals surface area contributed by atoms with Crippen LogP contribution in [0.4, 0.5) is 10.5 Å². The molecular formula is C16H21N3O3. The summed E-state index contributed by atoms with van der Waals surface area (Å²) < 4.78 is 10.4. The number of ether oxygens (including phenoxy) is 2. The van der Waals surface area contributed by atoms with Crippen LogP contribution >= 0.6 is 0 Å². The number of carbonyl (C=O) groups excluding carboxylic acids is 1.